The zero-order chi connectivity index (χ0) is 13.8. The van der Waals surface area contributed by atoms with Crippen LogP contribution in [0.2, 0.25) is 0 Å². The molecule has 106 valence electrons. The molecule has 1 N–H and O–H groups in total. The summed E-state index contributed by atoms with van der Waals surface area (Å²) in [5, 5.41) is 2.96. The van der Waals surface area contributed by atoms with Crippen LogP contribution >= 0.6 is 0 Å². The summed E-state index contributed by atoms with van der Waals surface area (Å²) in [6.45, 7) is 0.863. The van der Waals surface area contributed by atoms with E-state index in [0.29, 0.717) is 23.6 Å². The molecule has 1 heterocycles. The SMILES string of the molecule is O=C(NCCC1=CCCCC1)c1cccc2c1OCO2. The lowest BCUT2D eigenvalue weighted by molar-refractivity contribution is 0.0949. The van der Waals surface area contributed by atoms with Crippen molar-refractivity contribution in [3.63, 3.8) is 0 Å². The average molecular weight is 273 g/mol. The highest BCUT2D eigenvalue weighted by molar-refractivity contribution is 5.97. The lowest BCUT2D eigenvalue weighted by Gasteiger charge is -2.13. The third kappa shape index (κ3) is 2.79. The van der Waals surface area contributed by atoms with E-state index in [2.05, 4.69) is 11.4 Å². The van der Waals surface area contributed by atoms with Crippen molar-refractivity contribution in [3.8, 4) is 11.5 Å². The van der Waals surface area contributed by atoms with Gasteiger partial charge in [-0.2, -0.15) is 0 Å². The summed E-state index contributed by atoms with van der Waals surface area (Å²) in [6.07, 6.45) is 8.18. The lowest BCUT2D eigenvalue weighted by atomic mass is 9.97. The van der Waals surface area contributed by atoms with E-state index in [1.54, 1.807) is 6.07 Å². The van der Waals surface area contributed by atoms with Crippen LogP contribution in [-0.4, -0.2) is 19.2 Å². The smallest absolute Gasteiger partial charge is 0.255 e. The summed E-state index contributed by atoms with van der Waals surface area (Å²) in [7, 11) is 0. The molecule has 0 atom stereocenters. The highest BCUT2D eigenvalue weighted by atomic mass is 16.7. The van der Waals surface area contributed by atoms with E-state index in [9.17, 15) is 4.79 Å². The number of fused-ring (bicyclic) bond motifs is 1. The highest BCUT2D eigenvalue weighted by Gasteiger charge is 2.21. The molecule has 2 aliphatic rings. The Bertz CT molecular complexity index is 537. The molecule has 0 fully saturated rings. The van der Waals surface area contributed by atoms with Crippen molar-refractivity contribution < 1.29 is 14.3 Å². The Kier molecular flexibility index (Phi) is 3.90. The fourth-order valence-corrected chi connectivity index (χ4v) is 2.67. The molecular formula is C16H19NO3. The van der Waals surface area contributed by atoms with Gasteiger partial charge in [-0.25, -0.2) is 0 Å². The van der Waals surface area contributed by atoms with Gasteiger partial charge in [0.15, 0.2) is 11.5 Å². The molecule has 1 aromatic rings. The number of carbonyl (C=O) groups is 1. The van der Waals surface area contributed by atoms with E-state index in [0.717, 1.165) is 6.42 Å². The molecule has 0 aromatic heterocycles. The van der Waals surface area contributed by atoms with Gasteiger partial charge in [0.1, 0.15) is 0 Å². The molecule has 1 aliphatic heterocycles. The summed E-state index contributed by atoms with van der Waals surface area (Å²) in [5.74, 6) is 1.11. The second-order valence-corrected chi connectivity index (χ2v) is 5.15. The standard InChI is InChI=1S/C16H19NO3/c18-16(17-10-9-12-5-2-1-3-6-12)13-7-4-8-14-15(13)20-11-19-14/h4-5,7-8H,1-3,6,9-11H2,(H,17,18). The molecular weight excluding hydrogens is 254 g/mol. The fraction of sp³-hybridized carbons (Fsp3) is 0.438. The number of benzene rings is 1. The average Bonchev–Trinajstić information content (AvgIpc) is 2.96. The Morgan fingerprint density at radius 3 is 3.05 bits per heavy atom. The highest BCUT2D eigenvalue weighted by Crippen LogP contribution is 2.35. The quantitative estimate of drug-likeness (QED) is 0.858. The topological polar surface area (TPSA) is 47.6 Å². The van der Waals surface area contributed by atoms with Crippen LogP contribution in [0.4, 0.5) is 0 Å². The van der Waals surface area contributed by atoms with Crippen molar-refractivity contribution in [1.82, 2.24) is 5.32 Å². The minimum Gasteiger partial charge on any atom is -0.454 e. The summed E-state index contributed by atoms with van der Waals surface area (Å²) in [4.78, 5) is 12.2. The van der Waals surface area contributed by atoms with Crippen molar-refractivity contribution in [2.45, 2.75) is 32.1 Å². The van der Waals surface area contributed by atoms with E-state index in [1.807, 2.05) is 12.1 Å². The van der Waals surface area contributed by atoms with E-state index in [-0.39, 0.29) is 12.7 Å². The number of ether oxygens (including phenoxy) is 2. The van der Waals surface area contributed by atoms with Crippen molar-refractivity contribution >= 4 is 5.91 Å². The summed E-state index contributed by atoms with van der Waals surface area (Å²) >= 11 is 0. The third-order valence-electron chi connectivity index (χ3n) is 3.76. The molecule has 3 rings (SSSR count). The Labute approximate surface area is 118 Å². The lowest BCUT2D eigenvalue weighted by Crippen LogP contribution is -2.25. The van der Waals surface area contributed by atoms with Crippen LogP contribution in [0.5, 0.6) is 11.5 Å². The van der Waals surface area contributed by atoms with Crippen molar-refractivity contribution in [1.29, 1.82) is 0 Å². The molecule has 1 aromatic carbocycles. The van der Waals surface area contributed by atoms with Crippen LogP contribution in [0.1, 0.15) is 42.5 Å². The number of hydrogen-bond acceptors (Lipinski definition) is 3. The normalized spacial score (nSPS) is 16.7. The van der Waals surface area contributed by atoms with E-state index >= 15 is 0 Å². The van der Waals surface area contributed by atoms with Crippen molar-refractivity contribution in [3.05, 3.63) is 35.4 Å². The van der Waals surface area contributed by atoms with Crippen molar-refractivity contribution in [2.24, 2.45) is 0 Å². The number of amides is 1. The number of rotatable bonds is 4. The molecule has 0 spiro atoms. The van der Waals surface area contributed by atoms with Gasteiger partial charge in [-0.1, -0.05) is 17.7 Å². The maximum Gasteiger partial charge on any atom is 0.255 e. The molecule has 0 radical (unpaired) electrons. The zero-order valence-electron chi connectivity index (χ0n) is 11.5. The number of carbonyl (C=O) groups excluding carboxylic acids is 1. The molecule has 1 amide bonds. The minimum absolute atomic E-state index is 0.0937. The van der Waals surface area contributed by atoms with Crippen molar-refractivity contribution in [2.75, 3.05) is 13.3 Å². The molecule has 0 saturated heterocycles. The van der Waals surface area contributed by atoms with Crippen LogP contribution in [0, 0.1) is 0 Å². The minimum atomic E-state index is -0.0937. The molecule has 4 heteroatoms. The summed E-state index contributed by atoms with van der Waals surface area (Å²) in [5.41, 5.74) is 2.02. The van der Waals surface area contributed by atoms with Gasteiger partial charge in [0.25, 0.3) is 5.91 Å². The van der Waals surface area contributed by atoms with Crippen LogP contribution in [0.15, 0.2) is 29.8 Å². The number of nitrogens with one attached hydrogen (secondary N) is 1. The monoisotopic (exact) mass is 273 g/mol. The van der Waals surface area contributed by atoms with E-state index in [4.69, 9.17) is 9.47 Å². The van der Waals surface area contributed by atoms with Gasteiger partial charge in [-0.15, -0.1) is 0 Å². The molecule has 1 aliphatic carbocycles. The number of hydrogen-bond donors (Lipinski definition) is 1. The fourth-order valence-electron chi connectivity index (χ4n) is 2.67. The van der Waals surface area contributed by atoms with Gasteiger partial charge in [0, 0.05) is 6.54 Å². The van der Waals surface area contributed by atoms with Gasteiger partial charge in [-0.05, 0) is 44.2 Å². The summed E-state index contributed by atoms with van der Waals surface area (Å²) in [6, 6.07) is 5.39. The van der Waals surface area contributed by atoms with Crippen LogP contribution < -0.4 is 14.8 Å². The molecule has 0 bridgehead atoms. The Morgan fingerprint density at radius 1 is 1.25 bits per heavy atom. The number of allylic oxidation sites excluding steroid dienone is 1. The van der Waals surface area contributed by atoms with Gasteiger partial charge in [0.05, 0.1) is 5.56 Å². The Morgan fingerprint density at radius 2 is 2.20 bits per heavy atom. The van der Waals surface area contributed by atoms with Crippen LogP contribution in [0.25, 0.3) is 0 Å². The largest absolute Gasteiger partial charge is 0.454 e. The van der Waals surface area contributed by atoms with Gasteiger partial charge in [0.2, 0.25) is 6.79 Å². The predicted molar refractivity (Wildman–Crippen MR) is 76.1 cm³/mol. The first kappa shape index (κ1) is 13.0. The van der Waals surface area contributed by atoms with E-state index < -0.39 is 0 Å². The maximum atomic E-state index is 12.2. The predicted octanol–water partition coefficient (Wildman–Crippen LogP) is 3.04. The molecule has 20 heavy (non-hydrogen) atoms. The second-order valence-electron chi connectivity index (χ2n) is 5.15. The Hall–Kier alpha value is -1.97. The van der Waals surface area contributed by atoms with E-state index in [1.165, 1.54) is 31.3 Å². The van der Waals surface area contributed by atoms with Gasteiger partial charge < -0.3 is 14.8 Å². The Balaban J connectivity index is 1.57. The van der Waals surface area contributed by atoms with Gasteiger partial charge in [-0.3, -0.25) is 4.79 Å². The first-order valence-corrected chi connectivity index (χ1v) is 7.19. The first-order chi connectivity index (χ1) is 9.84. The third-order valence-corrected chi connectivity index (χ3v) is 3.76. The van der Waals surface area contributed by atoms with Gasteiger partial charge >= 0.3 is 0 Å². The zero-order valence-corrected chi connectivity index (χ0v) is 11.5. The summed E-state index contributed by atoms with van der Waals surface area (Å²) < 4.78 is 10.6. The first-order valence-electron chi connectivity index (χ1n) is 7.19. The van der Waals surface area contributed by atoms with Crippen LogP contribution in [0.3, 0.4) is 0 Å². The number of para-hydroxylation sites is 1. The molecule has 4 nitrogen and oxygen atoms in total. The maximum absolute atomic E-state index is 12.2. The molecule has 0 saturated carbocycles. The molecule has 0 unspecified atom stereocenters. The second kappa shape index (κ2) is 5.99. The van der Waals surface area contributed by atoms with Crippen LogP contribution in [-0.2, 0) is 0 Å².